The highest BCUT2D eigenvalue weighted by Crippen LogP contribution is 2.41. The Morgan fingerprint density at radius 3 is 2.15 bits per heavy atom. The highest BCUT2D eigenvalue weighted by molar-refractivity contribution is 6.31. The molecule has 214 valence electrons. The molecular weight excluding hydrogens is 536 g/mol. The van der Waals surface area contributed by atoms with E-state index in [2.05, 4.69) is 5.32 Å². The van der Waals surface area contributed by atoms with Crippen LogP contribution in [0.5, 0.6) is 0 Å². The van der Waals surface area contributed by atoms with Crippen LogP contribution >= 0.6 is 11.6 Å². The van der Waals surface area contributed by atoms with Gasteiger partial charge in [0.1, 0.15) is 0 Å². The van der Waals surface area contributed by atoms with Gasteiger partial charge in [0, 0.05) is 29.4 Å². The maximum Gasteiger partial charge on any atom is 0.336 e. The molecule has 0 aromatic heterocycles. The molecule has 12 nitrogen and oxygen atoms in total. The number of dihydropyridines is 1. The predicted molar refractivity (Wildman–Crippen MR) is 141 cm³/mol. The number of aliphatic carboxylic acids is 2. The summed E-state index contributed by atoms with van der Waals surface area (Å²) >= 11 is 6.46. The van der Waals surface area contributed by atoms with Gasteiger partial charge in [-0.1, -0.05) is 29.8 Å². The summed E-state index contributed by atoms with van der Waals surface area (Å²) in [6.45, 7) is 5.27. The van der Waals surface area contributed by atoms with E-state index in [0.29, 0.717) is 60.5 Å². The number of carbonyl (C=O) groups excluding carboxylic acids is 2. The van der Waals surface area contributed by atoms with Gasteiger partial charge in [-0.2, -0.15) is 0 Å². The molecule has 0 unspecified atom stereocenters. The quantitative estimate of drug-likeness (QED) is 0.154. The SMILES string of the molecule is CCOC(=O)C1=C(COCCOCCN)NC(C)=C(C(=O)OC)[C@H]1c1ccccc1Cl.O=C(O)C=CC(=O)O. The normalized spacial score (nSPS) is 14.8. The minimum absolute atomic E-state index is 0.0902. The number of carboxylic acid groups (broad SMARTS) is 2. The Hall–Kier alpha value is -3.71. The van der Waals surface area contributed by atoms with Crippen molar-refractivity contribution in [1.29, 1.82) is 0 Å². The highest BCUT2D eigenvalue weighted by Gasteiger charge is 2.39. The first-order valence-electron chi connectivity index (χ1n) is 11.8. The number of methoxy groups -OCH3 is 1. The lowest BCUT2D eigenvalue weighted by Gasteiger charge is -2.31. The van der Waals surface area contributed by atoms with Crippen molar-refractivity contribution in [2.24, 2.45) is 5.73 Å². The fraction of sp³-hybridized carbons (Fsp3) is 0.385. The Morgan fingerprint density at radius 2 is 1.62 bits per heavy atom. The molecule has 0 aliphatic carbocycles. The van der Waals surface area contributed by atoms with Gasteiger partial charge in [0.2, 0.25) is 0 Å². The molecular formula is C26H33ClN2O10. The first-order valence-corrected chi connectivity index (χ1v) is 12.2. The lowest BCUT2D eigenvalue weighted by Crippen LogP contribution is -2.35. The number of carboxylic acids is 2. The van der Waals surface area contributed by atoms with Crippen molar-refractivity contribution < 1.29 is 48.3 Å². The number of allylic oxidation sites excluding steroid dienone is 1. The number of rotatable bonds is 13. The molecule has 0 bridgehead atoms. The first-order chi connectivity index (χ1) is 18.6. The van der Waals surface area contributed by atoms with E-state index in [1.54, 1.807) is 38.1 Å². The Kier molecular flexibility index (Phi) is 15.2. The number of esters is 2. The first kappa shape index (κ1) is 33.3. The van der Waals surface area contributed by atoms with E-state index < -0.39 is 29.8 Å². The number of ether oxygens (including phenoxy) is 4. The molecule has 0 fully saturated rings. The fourth-order valence-electron chi connectivity index (χ4n) is 3.48. The van der Waals surface area contributed by atoms with E-state index in [1.807, 2.05) is 0 Å². The second-order valence-electron chi connectivity index (χ2n) is 7.69. The van der Waals surface area contributed by atoms with E-state index >= 15 is 0 Å². The fourth-order valence-corrected chi connectivity index (χ4v) is 3.73. The van der Waals surface area contributed by atoms with Crippen LogP contribution in [0, 0.1) is 0 Å². The summed E-state index contributed by atoms with van der Waals surface area (Å²) in [5, 5.41) is 19.2. The summed E-state index contributed by atoms with van der Waals surface area (Å²) in [4.78, 5) is 44.8. The number of nitrogens with two attached hydrogens (primary N) is 1. The van der Waals surface area contributed by atoms with Crippen LogP contribution in [-0.4, -0.2) is 80.8 Å². The van der Waals surface area contributed by atoms with Crippen LogP contribution in [0.4, 0.5) is 0 Å². The van der Waals surface area contributed by atoms with Crippen molar-refractivity contribution in [2.45, 2.75) is 19.8 Å². The van der Waals surface area contributed by atoms with E-state index in [-0.39, 0.29) is 24.4 Å². The summed E-state index contributed by atoms with van der Waals surface area (Å²) < 4.78 is 21.3. The number of halogens is 1. The predicted octanol–water partition coefficient (Wildman–Crippen LogP) is 1.99. The van der Waals surface area contributed by atoms with Crippen LogP contribution in [0.1, 0.15) is 25.3 Å². The standard InChI is InChI=1S/C22H29ClN2O6.C4H4O4/c1-4-31-22(27)20-17(13-30-12-11-29-10-9-24)25-14(2)18(21(26)28-3)19(20)15-7-5-6-8-16(15)23;5-3(6)1-2-4(7)8/h5-8,19,25H,4,9-13,24H2,1-3H3;1-2H,(H,5,6)(H,7,8)/t19-;/m1./s1. The van der Waals surface area contributed by atoms with E-state index in [0.717, 1.165) is 0 Å². The van der Waals surface area contributed by atoms with Gasteiger partial charge in [-0.3, -0.25) is 0 Å². The second-order valence-corrected chi connectivity index (χ2v) is 8.09. The van der Waals surface area contributed by atoms with Gasteiger partial charge >= 0.3 is 23.9 Å². The molecule has 0 amide bonds. The maximum atomic E-state index is 13.0. The molecule has 0 spiro atoms. The summed E-state index contributed by atoms with van der Waals surface area (Å²) in [6.07, 6.45) is 1.12. The van der Waals surface area contributed by atoms with Crippen molar-refractivity contribution in [1.82, 2.24) is 5.32 Å². The number of benzene rings is 1. The van der Waals surface area contributed by atoms with Crippen molar-refractivity contribution in [2.75, 3.05) is 46.7 Å². The Bertz CT molecular complexity index is 1100. The lowest BCUT2D eigenvalue weighted by molar-refractivity contribution is -0.139. The van der Waals surface area contributed by atoms with Gasteiger partial charge in [-0.05, 0) is 25.5 Å². The molecule has 2 rings (SSSR count). The van der Waals surface area contributed by atoms with Crippen LogP contribution in [0.3, 0.4) is 0 Å². The molecule has 1 aromatic rings. The van der Waals surface area contributed by atoms with Gasteiger partial charge in [0.25, 0.3) is 0 Å². The molecule has 1 aliphatic heterocycles. The van der Waals surface area contributed by atoms with E-state index in [1.165, 1.54) is 7.11 Å². The molecule has 0 saturated carbocycles. The van der Waals surface area contributed by atoms with Crippen LogP contribution < -0.4 is 11.1 Å². The summed E-state index contributed by atoms with van der Waals surface area (Å²) in [6, 6.07) is 7.05. The molecule has 0 saturated heterocycles. The minimum atomic E-state index is -1.26. The zero-order valence-corrected chi connectivity index (χ0v) is 22.7. The molecule has 0 radical (unpaired) electrons. The average molecular weight is 569 g/mol. The van der Waals surface area contributed by atoms with Gasteiger partial charge in [0.05, 0.1) is 62.9 Å². The Morgan fingerprint density at radius 1 is 1.00 bits per heavy atom. The van der Waals surface area contributed by atoms with E-state index in [9.17, 15) is 19.2 Å². The number of hydrogen-bond donors (Lipinski definition) is 4. The number of nitrogens with one attached hydrogen (secondary N) is 1. The van der Waals surface area contributed by atoms with Crippen molar-refractivity contribution in [3.63, 3.8) is 0 Å². The molecule has 13 heteroatoms. The van der Waals surface area contributed by atoms with Gasteiger partial charge < -0.3 is 40.2 Å². The summed E-state index contributed by atoms with van der Waals surface area (Å²) in [5.41, 5.74) is 7.57. The summed E-state index contributed by atoms with van der Waals surface area (Å²) in [5.74, 6) is -4.41. The Labute approximate surface area is 231 Å². The van der Waals surface area contributed by atoms with Crippen LogP contribution in [-0.2, 0) is 38.1 Å². The minimum Gasteiger partial charge on any atom is -0.478 e. The van der Waals surface area contributed by atoms with Crippen LogP contribution in [0.25, 0.3) is 0 Å². The highest BCUT2D eigenvalue weighted by atomic mass is 35.5. The van der Waals surface area contributed by atoms with Crippen LogP contribution in [0.2, 0.25) is 5.02 Å². The monoisotopic (exact) mass is 568 g/mol. The zero-order chi connectivity index (χ0) is 29.4. The van der Waals surface area contributed by atoms with Crippen LogP contribution in [0.15, 0.2) is 59.0 Å². The molecule has 39 heavy (non-hydrogen) atoms. The van der Waals surface area contributed by atoms with E-state index in [4.69, 9.17) is 46.5 Å². The molecule has 1 aliphatic rings. The third-order valence-electron chi connectivity index (χ3n) is 5.01. The maximum absolute atomic E-state index is 13.0. The zero-order valence-electron chi connectivity index (χ0n) is 21.9. The van der Waals surface area contributed by atoms with Gasteiger partial charge in [0.15, 0.2) is 0 Å². The largest absolute Gasteiger partial charge is 0.478 e. The molecule has 1 atom stereocenters. The topological polar surface area (TPSA) is 184 Å². The second kappa shape index (κ2) is 17.7. The van der Waals surface area contributed by atoms with Gasteiger partial charge in [-0.15, -0.1) is 0 Å². The van der Waals surface area contributed by atoms with Gasteiger partial charge in [-0.25, -0.2) is 19.2 Å². The average Bonchev–Trinajstić information content (AvgIpc) is 2.89. The third-order valence-corrected chi connectivity index (χ3v) is 5.36. The number of hydrogen-bond acceptors (Lipinski definition) is 10. The lowest BCUT2D eigenvalue weighted by atomic mass is 9.80. The summed E-state index contributed by atoms with van der Waals surface area (Å²) in [7, 11) is 1.29. The van der Waals surface area contributed by atoms with Crippen molar-refractivity contribution in [3.8, 4) is 0 Å². The Balaban J connectivity index is 0.000000824. The third kappa shape index (κ3) is 10.9. The van der Waals surface area contributed by atoms with Crippen molar-refractivity contribution in [3.05, 3.63) is 69.5 Å². The molecule has 5 N–H and O–H groups in total. The smallest absolute Gasteiger partial charge is 0.336 e. The molecule has 1 aromatic carbocycles. The molecule has 1 heterocycles. The van der Waals surface area contributed by atoms with Crippen molar-refractivity contribution >= 4 is 35.5 Å². The number of carbonyl (C=O) groups is 4.